The van der Waals surface area contributed by atoms with Crippen LogP contribution in [0.2, 0.25) is 0 Å². The summed E-state index contributed by atoms with van der Waals surface area (Å²) in [6.45, 7) is 9.35. The third-order valence-electron chi connectivity index (χ3n) is 3.89. The minimum atomic E-state index is -0.526. The monoisotopic (exact) mass is 311 g/mol. The van der Waals surface area contributed by atoms with Crippen LogP contribution in [-0.2, 0) is 9.53 Å². The highest BCUT2D eigenvalue weighted by molar-refractivity contribution is 5.97. The maximum Gasteiger partial charge on any atom is 0.339 e. The van der Waals surface area contributed by atoms with Crippen molar-refractivity contribution in [1.29, 1.82) is 0 Å². The van der Waals surface area contributed by atoms with Gasteiger partial charge >= 0.3 is 5.97 Å². The Morgan fingerprint density at radius 3 is 2.09 bits per heavy atom. The predicted octanol–water partition coefficient (Wildman–Crippen LogP) is 5.45. The maximum atomic E-state index is 11.5. The molecule has 1 N–H and O–H groups in total. The van der Waals surface area contributed by atoms with Crippen molar-refractivity contribution in [3.05, 3.63) is 12.2 Å². The van der Waals surface area contributed by atoms with Gasteiger partial charge in [0.2, 0.25) is 5.90 Å². The van der Waals surface area contributed by atoms with Crippen molar-refractivity contribution in [3.8, 4) is 0 Å². The van der Waals surface area contributed by atoms with Gasteiger partial charge in [-0.25, -0.2) is 4.79 Å². The minimum Gasteiger partial charge on any atom is -0.408 e. The van der Waals surface area contributed by atoms with Crippen molar-refractivity contribution in [2.45, 2.75) is 85.0 Å². The Morgan fingerprint density at radius 2 is 1.64 bits per heavy atom. The average Bonchev–Trinajstić information content (AvgIpc) is 2.51. The molecule has 0 aliphatic rings. The summed E-state index contributed by atoms with van der Waals surface area (Å²) in [4.78, 5) is 11.5. The van der Waals surface area contributed by atoms with Gasteiger partial charge < -0.3 is 9.94 Å². The molecule has 0 heterocycles. The van der Waals surface area contributed by atoms with Gasteiger partial charge in [-0.2, -0.15) is 0 Å². The van der Waals surface area contributed by atoms with Gasteiger partial charge in [0.25, 0.3) is 0 Å². The van der Waals surface area contributed by atoms with Crippen LogP contribution in [0, 0.1) is 5.92 Å². The molecule has 1 atom stereocenters. The summed E-state index contributed by atoms with van der Waals surface area (Å²) < 4.78 is 5.10. The molecule has 0 fully saturated rings. The first-order valence-corrected chi connectivity index (χ1v) is 8.66. The number of oxime groups is 1. The van der Waals surface area contributed by atoms with E-state index in [-0.39, 0.29) is 11.8 Å². The van der Waals surface area contributed by atoms with E-state index in [1.54, 1.807) is 6.92 Å². The van der Waals surface area contributed by atoms with Gasteiger partial charge in [0.1, 0.15) is 0 Å². The number of unbranched alkanes of at least 4 members (excludes halogenated alkanes) is 7. The second-order valence-electron chi connectivity index (χ2n) is 5.98. The van der Waals surface area contributed by atoms with Crippen molar-refractivity contribution in [2.75, 3.05) is 0 Å². The molecule has 0 aliphatic carbocycles. The highest BCUT2D eigenvalue weighted by Crippen LogP contribution is 2.18. The number of carbonyl (C=O) groups excluding carboxylic acids is 1. The first-order valence-electron chi connectivity index (χ1n) is 8.66. The zero-order chi connectivity index (χ0) is 16.8. The van der Waals surface area contributed by atoms with Gasteiger partial charge in [-0.3, -0.25) is 0 Å². The summed E-state index contributed by atoms with van der Waals surface area (Å²) in [6.07, 6.45) is 11.7. The van der Waals surface area contributed by atoms with Crippen LogP contribution in [0.4, 0.5) is 0 Å². The highest BCUT2D eigenvalue weighted by Gasteiger charge is 2.19. The Morgan fingerprint density at radius 1 is 1.09 bits per heavy atom. The highest BCUT2D eigenvalue weighted by atomic mass is 16.6. The van der Waals surface area contributed by atoms with Gasteiger partial charge in [-0.05, 0) is 19.8 Å². The minimum absolute atomic E-state index is 0.00612. The third-order valence-corrected chi connectivity index (χ3v) is 3.89. The lowest BCUT2D eigenvalue weighted by Crippen LogP contribution is -2.21. The first-order chi connectivity index (χ1) is 10.6. The van der Waals surface area contributed by atoms with Crippen LogP contribution in [0.25, 0.3) is 0 Å². The summed E-state index contributed by atoms with van der Waals surface area (Å²) in [5.41, 5.74) is 0.308. The number of carbonyl (C=O) groups is 1. The number of hydrogen-bond acceptors (Lipinski definition) is 4. The summed E-state index contributed by atoms with van der Waals surface area (Å²) >= 11 is 0. The predicted molar refractivity (Wildman–Crippen MR) is 91.1 cm³/mol. The zero-order valence-electron chi connectivity index (χ0n) is 14.6. The SMILES string of the molecule is C=C(C)C(=O)OC(=NO)C(CC)CCCCCCCCCC. The molecular weight excluding hydrogens is 278 g/mol. The Kier molecular flexibility index (Phi) is 12.5. The molecule has 4 heteroatoms. The number of ether oxygens (including phenoxy) is 1. The lowest BCUT2D eigenvalue weighted by Gasteiger charge is -2.15. The molecule has 0 saturated carbocycles. The van der Waals surface area contributed by atoms with Crippen molar-refractivity contribution < 1.29 is 14.7 Å². The van der Waals surface area contributed by atoms with Crippen molar-refractivity contribution in [2.24, 2.45) is 11.1 Å². The molecule has 0 saturated heterocycles. The third kappa shape index (κ3) is 9.59. The molecule has 0 aliphatic heterocycles. The van der Waals surface area contributed by atoms with Crippen LogP contribution >= 0.6 is 0 Å². The van der Waals surface area contributed by atoms with Crippen LogP contribution in [0.5, 0.6) is 0 Å². The number of nitrogens with zero attached hydrogens (tertiary/aromatic N) is 1. The Balaban J connectivity index is 3.98. The Bertz CT molecular complexity index is 350. The normalized spacial score (nSPS) is 13.0. The van der Waals surface area contributed by atoms with Crippen molar-refractivity contribution in [3.63, 3.8) is 0 Å². The zero-order valence-corrected chi connectivity index (χ0v) is 14.6. The van der Waals surface area contributed by atoms with Gasteiger partial charge in [-0.15, -0.1) is 0 Å². The molecular formula is C18H33NO3. The lowest BCUT2D eigenvalue weighted by molar-refractivity contribution is -0.131. The van der Waals surface area contributed by atoms with E-state index in [0.717, 1.165) is 19.3 Å². The summed E-state index contributed by atoms with van der Waals surface area (Å²) in [5, 5.41) is 12.2. The molecule has 0 amide bonds. The number of esters is 1. The fourth-order valence-corrected chi connectivity index (χ4v) is 2.39. The Hall–Kier alpha value is -1.32. The van der Waals surface area contributed by atoms with E-state index in [1.807, 2.05) is 6.92 Å². The number of hydrogen-bond donors (Lipinski definition) is 1. The fraction of sp³-hybridized carbons (Fsp3) is 0.778. The van der Waals surface area contributed by atoms with Crippen molar-refractivity contribution in [1.82, 2.24) is 0 Å². The molecule has 1 unspecified atom stereocenters. The van der Waals surface area contributed by atoms with E-state index in [9.17, 15) is 4.79 Å². The standard InChI is InChI=1S/C18H33NO3/c1-5-7-8-9-10-11-12-13-14-16(6-2)17(19-21)22-18(20)15(3)4/h16,21H,3,5-14H2,1-2,4H3. The van der Waals surface area contributed by atoms with Crippen LogP contribution in [-0.4, -0.2) is 17.1 Å². The van der Waals surface area contributed by atoms with E-state index in [4.69, 9.17) is 9.94 Å². The molecule has 0 aromatic rings. The van der Waals surface area contributed by atoms with Crippen LogP contribution in [0.15, 0.2) is 17.3 Å². The molecule has 0 rings (SSSR count). The summed E-state index contributed by atoms with van der Waals surface area (Å²) in [6, 6.07) is 0. The molecule has 0 aromatic heterocycles. The smallest absolute Gasteiger partial charge is 0.339 e. The first kappa shape index (κ1) is 20.7. The second-order valence-corrected chi connectivity index (χ2v) is 5.98. The largest absolute Gasteiger partial charge is 0.408 e. The van der Waals surface area contributed by atoms with Crippen LogP contribution in [0.1, 0.15) is 85.0 Å². The van der Waals surface area contributed by atoms with Gasteiger partial charge in [0, 0.05) is 11.5 Å². The van der Waals surface area contributed by atoms with E-state index < -0.39 is 5.97 Å². The topological polar surface area (TPSA) is 58.9 Å². The van der Waals surface area contributed by atoms with E-state index in [2.05, 4.69) is 18.7 Å². The fourth-order valence-electron chi connectivity index (χ4n) is 2.39. The lowest BCUT2D eigenvalue weighted by atomic mass is 9.97. The molecule has 4 nitrogen and oxygen atoms in total. The molecule has 0 bridgehead atoms. The van der Waals surface area contributed by atoms with Crippen LogP contribution in [0.3, 0.4) is 0 Å². The molecule has 0 spiro atoms. The summed E-state index contributed by atoms with van der Waals surface area (Å²) in [5.74, 6) is -0.408. The van der Waals surface area contributed by atoms with E-state index >= 15 is 0 Å². The number of rotatable bonds is 12. The molecule has 22 heavy (non-hydrogen) atoms. The average molecular weight is 311 g/mol. The van der Waals surface area contributed by atoms with Crippen molar-refractivity contribution >= 4 is 11.9 Å². The second kappa shape index (κ2) is 13.4. The van der Waals surface area contributed by atoms with Crippen LogP contribution < -0.4 is 0 Å². The Labute approximate surface area is 135 Å². The van der Waals surface area contributed by atoms with Gasteiger partial charge in [-0.1, -0.05) is 76.9 Å². The molecule has 0 radical (unpaired) electrons. The van der Waals surface area contributed by atoms with Gasteiger partial charge in [0.05, 0.1) is 0 Å². The maximum absolute atomic E-state index is 11.5. The molecule has 0 aromatic carbocycles. The summed E-state index contributed by atoms with van der Waals surface area (Å²) in [7, 11) is 0. The quantitative estimate of drug-likeness (QED) is 0.0991. The molecule has 128 valence electrons. The van der Waals surface area contributed by atoms with E-state index in [1.165, 1.54) is 44.9 Å². The van der Waals surface area contributed by atoms with E-state index in [0.29, 0.717) is 5.57 Å². The van der Waals surface area contributed by atoms with Gasteiger partial charge in [0.15, 0.2) is 0 Å².